The predicted octanol–water partition coefficient (Wildman–Crippen LogP) is 2.85. The van der Waals surface area contributed by atoms with Gasteiger partial charge in [-0.2, -0.15) is 5.10 Å². The van der Waals surface area contributed by atoms with Gasteiger partial charge in [-0.25, -0.2) is 16.3 Å². The summed E-state index contributed by atoms with van der Waals surface area (Å²) in [6.45, 7) is 2.02. The third kappa shape index (κ3) is 3.47. The molecule has 142 valence electrons. The molecule has 1 fully saturated rings. The van der Waals surface area contributed by atoms with Crippen molar-refractivity contribution in [3.05, 3.63) is 77.9 Å². The Labute approximate surface area is 163 Å². The first-order valence-electron chi connectivity index (χ1n) is 9.25. The van der Waals surface area contributed by atoms with Crippen molar-refractivity contribution in [3.63, 3.8) is 0 Å². The smallest absolute Gasteiger partial charge is 0.258 e. The lowest BCUT2D eigenvalue weighted by molar-refractivity contribution is -0.123. The first-order chi connectivity index (χ1) is 13.6. The Morgan fingerprint density at radius 1 is 1.04 bits per heavy atom. The number of rotatable bonds is 4. The van der Waals surface area contributed by atoms with Gasteiger partial charge in [0.15, 0.2) is 0 Å². The first kappa shape index (κ1) is 18.2. The number of hydrazone groups is 1. The molecule has 1 heterocycles. The number of fused-ring (bicyclic) bond motifs is 1. The van der Waals surface area contributed by atoms with Crippen LogP contribution in [0.3, 0.4) is 0 Å². The molecule has 0 aliphatic carbocycles. The number of aromatic hydroxyl groups is 1. The topological polar surface area (TPSA) is 85.8 Å². The lowest BCUT2D eigenvalue weighted by Crippen LogP contribution is -2.43. The molecule has 0 radical (unpaired) electrons. The average Bonchev–Trinajstić information content (AvgIpc) is 3.11. The minimum atomic E-state index is -0.413. The van der Waals surface area contributed by atoms with Crippen molar-refractivity contribution >= 4 is 22.9 Å². The average molecular weight is 374 g/mol. The molecule has 1 amide bonds. The van der Waals surface area contributed by atoms with Crippen LogP contribution in [-0.2, 0) is 4.79 Å². The second-order valence-electron chi connectivity index (χ2n) is 6.97. The Balaban J connectivity index is 1.46. The highest BCUT2D eigenvalue weighted by Crippen LogP contribution is 2.28. The van der Waals surface area contributed by atoms with Crippen molar-refractivity contribution in [3.8, 4) is 5.75 Å². The highest BCUT2D eigenvalue weighted by Gasteiger charge is 2.37. The number of hydrogen-bond acceptors (Lipinski definition) is 5. The summed E-state index contributed by atoms with van der Waals surface area (Å²) in [6, 6.07) is 20.8. The summed E-state index contributed by atoms with van der Waals surface area (Å²) in [6.07, 6.45) is 1.48. The van der Waals surface area contributed by atoms with Gasteiger partial charge in [0.05, 0.1) is 12.3 Å². The molecule has 3 unspecified atom stereocenters. The van der Waals surface area contributed by atoms with Crippen LogP contribution in [0, 0.1) is 5.92 Å². The molecule has 3 aromatic carbocycles. The van der Waals surface area contributed by atoms with E-state index >= 15 is 0 Å². The SMILES string of the molecule is CC1C(C(=O)N/N=C/c2c(O)ccc3ccccc23)NNC1c1ccccc1. The number of carbonyl (C=O) groups is 1. The van der Waals surface area contributed by atoms with Crippen LogP contribution in [0.4, 0.5) is 0 Å². The fourth-order valence-electron chi connectivity index (χ4n) is 3.64. The Kier molecular flexibility index (Phi) is 5.06. The number of carbonyl (C=O) groups excluding carboxylic acids is 1. The molecular formula is C22H22N4O2. The lowest BCUT2D eigenvalue weighted by atomic mass is 9.91. The molecular weight excluding hydrogens is 352 g/mol. The third-order valence-corrected chi connectivity index (χ3v) is 5.20. The number of phenols is 1. The van der Waals surface area contributed by atoms with E-state index in [2.05, 4.69) is 21.4 Å². The van der Waals surface area contributed by atoms with E-state index in [1.54, 1.807) is 6.07 Å². The van der Waals surface area contributed by atoms with Crippen molar-refractivity contribution in [2.75, 3.05) is 0 Å². The maximum atomic E-state index is 12.6. The Morgan fingerprint density at radius 2 is 1.79 bits per heavy atom. The summed E-state index contributed by atoms with van der Waals surface area (Å²) in [7, 11) is 0. The summed E-state index contributed by atoms with van der Waals surface area (Å²) in [5.74, 6) is -0.0622. The van der Waals surface area contributed by atoms with Gasteiger partial charge in [0.25, 0.3) is 5.91 Å². The van der Waals surface area contributed by atoms with E-state index in [0.29, 0.717) is 5.56 Å². The Hall–Kier alpha value is -3.22. The van der Waals surface area contributed by atoms with Crippen LogP contribution in [0.2, 0.25) is 0 Å². The summed E-state index contributed by atoms with van der Waals surface area (Å²) >= 11 is 0. The number of amides is 1. The van der Waals surface area contributed by atoms with E-state index in [-0.39, 0.29) is 23.6 Å². The predicted molar refractivity (Wildman–Crippen MR) is 110 cm³/mol. The fraction of sp³-hybridized carbons (Fsp3) is 0.182. The Morgan fingerprint density at radius 3 is 2.61 bits per heavy atom. The van der Waals surface area contributed by atoms with E-state index in [4.69, 9.17) is 0 Å². The number of nitrogens with one attached hydrogen (secondary N) is 3. The van der Waals surface area contributed by atoms with Gasteiger partial charge in [0, 0.05) is 11.5 Å². The molecule has 0 saturated carbocycles. The molecule has 0 spiro atoms. The van der Waals surface area contributed by atoms with Gasteiger partial charge in [-0.1, -0.05) is 67.6 Å². The number of hydrogen-bond donors (Lipinski definition) is 4. The molecule has 4 rings (SSSR count). The van der Waals surface area contributed by atoms with Crippen molar-refractivity contribution in [1.29, 1.82) is 0 Å². The van der Waals surface area contributed by atoms with Crippen molar-refractivity contribution in [1.82, 2.24) is 16.3 Å². The van der Waals surface area contributed by atoms with Gasteiger partial charge >= 0.3 is 0 Å². The Bertz CT molecular complexity index is 1020. The quantitative estimate of drug-likeness (QED) is 0.418. The van der Waals surface area contributed by atoms with Gasteiger partial charge in [-0.05, 0) is 22.4 Å². The normalized spacial score (nSPS) is 22.0. The molecule has 3 aromatic rings. The molecule has 1 aliphatic heterocycles. The van der Waals surface area contributed by atoms with Crippen LogP contribution < -0.4 is 16.3 Å². The minimum absolute atomic E-state index is 0.0445. The van der Waals surface area contributed by atoms with Crippen LogP contribution in [-0.4, -0.2) is 23.3 Å². The zero-order valence-electron chi connectivity index (χ0n) is 15.5. The number of benzene rings is 3. The van der Waals surface area contributed by atoms with Crippen LogP contribution in [0.25, 0.3) is 10.8 Å². The maximum Gasteiger partial charge on any atom is 0.258 e. The number of hydrazine groups is 1. The zero-order valence-corrected chi connectivity index (χ0v) is 15.5. The minimum Gasteiger partial charge on any atom is -0.507 e. The fourth-order valence-corrected chi connectivity index (χ4v) is 3.64. The molecule has 1 saturated heterocycles. The van der Waals surface area contributed by atoms with Gasteiger partial charge in [0.2, 0.25) is 0 Å². The highest BCUT2D eigenvalue weighted by molar-refractivity contribution is 6.02. The summed E-state index contributed by atoms with van der Waals surface area (Å²) in [5, 5.41) is 16.1. The van der Waals surface area contributed by atoms with Crippen LogP contribution >= 0.6 is 0 Å². The monoisotopic (exact) mass is 374 g/mol. The first-order valence-corrected chi connectivity index (χ1v) is 9.25. The van der Waals surface area contributed by atoms with Crippen molar-refractivity contribution in [2.45, 2.75) is 19.0 Å². The number of phenolic OH excluding ortho intramolecular Hbond substituents is 1. The van der Waals surface area contributed by atoms with Crippen LogP contribution in [0.5, 0.6) is 5.75 Å². The number of nitrogens with zero attached hydrogens (tertiary/aromatic N) is 1. The van der Waals surface area contributed by atoms with Gasteiger partial charge in [-0.15, -0.1) is 0 Å². The molecule has 6 nitrogen and oxygen atoms in total. The maximum absolute atomic E-state index is 12.6. The van der Waals surface area contributed by atoms with Gasteiger partial charge < -0.3 is 5.11 Å². The molecule has 3 atom stereocenters. The third-order valence-electron chi connectivity index (χ3n) is 5.20. The molecule has 0 aromatic heterocycles. The largest absolute Gasteiger partial charge is 0.507 e. The van der Waals surface area contributed by atoms with E-state index in [9.17, 15) is 9.90 Å². The summed E-state index contributed by atoms with van der Waals surface area (Å²) in [4.78, 5) is 12.6. The molecule has 1 aliphatic rings. The van der Waals surface area contributed by atoms with Crippen molar-refractivity contribution < 1.29 is 9.90 Å². The summed E-state index contributed by atoms with van der Waals surface area (Å²) < 4.78 is 0. The summed E-state index contributed by atoms with van der Waals surface area (Å²) in [5.41, 5.74) is 10.5. The van der Waals surface area contributed by atoms with Crippen LogP contribution in [0.15, 0.2) is 71.8 Å². The van der Waals surface area contributed by atoms with E-state index in [1.165, 1.54) is 6.21 Å². The molecule has 4 N–H and O–H groups in total. The zero-order chi connectivity index (χ0) is 19.5. The van der Waals surface area contributed by atoms with Gasteiger partial charge in [0.1, 0.15) is 11.8 Å². The van der Waals surface area contributed by atoms with Gasteiger partial charge in [-0.3, -0.25) is 4.79 Å². The molecule has 0 bridgehead atoms. The van der Waals surface area contributed by atoms with E-state index in [0.717, 1.165) is 16.3 Å². The standard InChI is InChI=1S/C22H22N4O2/c1-14-20(16-8-3-2-4-9-16)24-25-21(14)22(28)26-23-13-18-17-10-6-5-7-15(17)11-12-19(18)27/h2-14,20-21,24-25,27H,1H3,(H,26,28)/b23-13+. The lowest BCUT2D eigenvalue weighted by Gasteiger charge is -2.17. The van der Waals surface area contributed by atoms with E-state index < -0.39 is 6.04 Å². The second-order valence-corrected chi connectivity index (χ2v) is 6.97. The van der Waals surface area contributed by atoms with Crippen LogP contribution in [0.1, 0.15) is 24.1 Å². The highest BCUT2D eigenvalue weighted by atomic mass is 16.3. The second kappa shape index (κ2) is 7.80. The van der Waals surface area contributed by atoms with Crippen molar-refractivity contribution in [2.24, 2.45) is 11.0 Å². The molecule has 6 heteroatoms. The van der Waals surface area contributed by atoms with E-state index in [1.807, 2.05) is 67.6 Å². The molecule has 28 heavy (non-hydrogen) atoms.